The van der Waals surface area contributed by atoms with E-state index in [1.54, 1.807) is 19.1 Å². The summed E-state index contributed by atoms with van der Waals surface area (Å²) in [7, 11) is -1.23. The summed E-state index contributed by atoms with van der Waals surface area (Å²) in [5.41, 5.74) is 0.209. The molecular formula is C18H20N2O6S. The molecule has 144 valence electrons. The second-order valence-corrected chi connectivity index (χ2v) is 7.17. The fourth-order valence-corrected chi connectivity index (χ4v) is 3.30. The van der Waals surface area contributed by atoms with Gasteiger partial charge in [0.2, 0.25) is 0 Å². The highest BCUT2D eigenvalue weighted by atomic mass is 32.2. The summed E-state index contributed by atoms with van der Waals surface area (Å²) in [6, 6.07) is 11.7. The fourth-order valence-electron chi connectivity index (χ4n) is 2.22. The van der Waals surface area contributed by atoms with E-state index >= 15 is 0 Å². The molecule has 0 unspecified atom stereocenters. The number of amides is 1. The van der Waals surface area contributed by atoms with Crippen molar-refractivity contribution < 1.29 is 27.5 Å². The van der Waals surface area contributed by atoms with Crippen LogP contribution in [0.15, 0.2) is 53.4 Å². The van der Waals surface area contributed by atoms with Gasteiger partial charge in [0.1, 0.15) is 5.75 Å². The van der Waals surface area contributed by atoms with Crippen LogP contribution in [0.5, 0.6) is 5.75 Å². The van der Waals surface area contributed by atoms with E-state index in [9.17, 15) is 18.0 Å². The molecule has 27 heavy (non-hydrogen) atoms. The number of carbonyl (C=O) groups excluding carboxylic acids is 2. The molecule has 0 bridgehead atoms. The molecule has 0 aliphatic heterocycles. The van der Waals surface area contributed by atoms with Crippen molar-refractivity contribution in [3.05, 3.63) is 54.1 Å². The zero-order chi connectivity index (χ0) is 20.0. The van der Waals surface area contributed by atoms with Gasteiger partial charge in [0, 0.05) is 7.05 Å². The second-order valence-electron chi connectivity index (χ2n) is 5.49. The number of hydrogen-bond acceptors (Lipinski definition) is 6. The standard InChI is InChI=1S/C18H20N2O6S/c1-12(17(21)19-2)26-13-8-10-14(11-9-13)27(23,24)20-16-7-5-4-6-15(16)18(22)25-3/h4-12,20H,1-3H3,(H,19,21)/t12-/m0/s1. The van der Waals surface area contributed by atoms with E-state index < -0.39 is 22.1 Å². The lowest BCUT2D eigenvalue weighted by Crippen LogP contribution is -2.33. The van der Waals surface area contributed by atoms with Crippen LogP contribution in [-0.4, -0.2) is 40.6 Å². The smallest absolute Gasteiger partial charge is 0.339 e. The Kier molecular flexibility index (Phi) is 6.40. The maximum Gasteiger partial charge on any atom is 0.339 e. The molecule has 1 atom stereocenters. The summed E-state index contributed by atoms with van der Waals surface area (Å²) in [5, 5.41) is 2.46. The number of likely N-dealkylation sites (N-methyl/N-ethyl adjacent to an activating group) is 1. The van der Waals surface area contributed by atoms with Gasteiger partial charge >= 0.3 is 5.97 Å². The Labute approximate surface area is 157 Å². The number of methoxy groups -OCH3 is 1. The molecule has 0 saturated carbocycles. The first-order valence-corrected chi connectivity index (χ1v) is 9.45. The minimum absolute atomic E-state index is 0.0258. The summed E-state index contributed by atoms with van der Waals surface area (Å²) >= 11 is 0. The Morgan fingerprint density at radius 2 is 1.67 bits per heavy atom. The molecule has 0 spiro atoms. The number of nitrogens with one attached hydrogen (secondary N) is 2. The molecule has 2 N–H and O–H groups in total. The van der Waals surface area contributed by atoms with Gasteiger partial charge < -0.3 is 14.8 Å². The molecule has 0 heterocycles. The largest absolute Gasteiger partial charge is 0.481 e. The molecule has 2 aromatic rings. The van der Waals surface area contributed by atoms with Gasteiger partial charge in [0.15, 0.2) is 6.10 Å². The topological polar surface area (TPSA) is 111 Å². The summed E-state index contributed by atoms with van der Waals surface area (Å²) in [5.74, 6) is -0.604. The van der Waals surface area contributed by atoms with Crippen molar-refractivity contribution in [3.63, 3.8) is 0 Å². The van der Waals surface area contributed by atoms with Crippen LogP contribution in [0.2, 0.25) is 0 Å². The predicted molar refractivity (Wildman–Crippen MR) is 99.2 cm³/mol. The first-order valence-electron chi connectivity index (χ1n) is 7.97. The number of hydrogen-bond donors (Lipinski definition) is 2. The monoisotopic (exact) mass is 392 g/mol. The highest BCUT2D eigenvalue weighted by molar-refractivity contribution is 7.92. The third-order valence-corrected chi connectivity index (χ3v) is 5.02. The molecule has 0 aliphatic carbocycles. The van der Waals surface area contributed by atoms with Gasteiger partial charge in [-0.1, -0.05) is 12.1 Å². The number of sulfonamides is 1. The quantitative estimate of drug-likeness (QED) is 0.695. The van der Waals surface area contributed by atoms with E-state index in [4.69, 9.17) is 4.74 Å². The Balaban J connectivity index is 2.21. The van der Waals surface area contributed by atoms with Crippen LogP contribution in [0, 0.1) is 0 Å². The molecule has 0 saturated heterocycles. The molecule has 2 aromatic carbocycles. The van der Waals surface area contributed by atoms with Gasteiger partial charge in [-0.25, -0.2) is 13.2 Å². The maximum atomic E-state index is 12.6. The second kappa shape index (κ2) is 8.54. The summed E-state index contributed by atoms with van der Waals surface area (Å²) < 4.78 is 37.6. The summed E-state index contributed by atoms with van der Waals surface area (Å²) in [6.07, 6.45) is -0.720. The van der Waals surface area contributed by atoms with E-state index in [1.807, 2.05) is 0 Å². The van der Waals surface area contributed by atoms with Crippen LogP contribution in [-0.2, 0) is 19.6 Å². The Morgan fingerprint density at radius 3 is 2.26 bits per heavy atom. The molecule has 0 fully saturated rings. The zero-order valence-corrected chi connectivity index (χ0v) is 15.9. The number of ether oxygens (including phenoxy) is 2. The van der Waals surface area contributed by atoms with Gasteiger partial charge in [0.25, 0.3) is 15.9 Å². The molecule has 1 amide bonds. The highest BCUT2D eigenvalue weighted by Gasteiger charge is 2.19. The lowest BCUT2D eigenvalue weighted by molar-refractivity contribution is -0.126. The molecule has 0 radical (unpaired) electrons. The summed E-state index contributed by atoms with van der Waals surface area (Å²) in [4.78, 5) is 23.2. The van der Waals surface area contributed by atoms with Gasteiger partial charge in [-0.15, -0.1) is 0 Å². The molecular weight excluding hydrogens is 372 g/mol. The van der Waals surface area contributed by atoms with E-state index in [1.165, 1.54) is 50.6 Å². The van der Waals surface area contributed by atoms with Crippen molar-refractivity contribution in [3.8, 4) is 5.75 Å². The van der Waals surface area contributed by atoms with Crippen molar-refractivity contribution >= 4 is 27.6 Å². The van der Waals surface area contributed by atoms with E-state index in [0.717, 1.165) is 0 Å². The average molecular weight is 392 g/mol. The molecule has 0 aliphatic rings. The van der Waals surface area contributed by atoms with E-state index in [2.05, 4.69) is 14.8 Å². The van der Waals surface area contributed by atoms with Gasteiger partial charge in [-0.2, -0.15) is 0 Å². The number of carbonyl (C=O) groups is 2. The van der Waals surface area contributed by atoms with Crippen LogP contribution >= 0.6 is 0 Å². The molecule has 8 nitrogen and oxygen atoms in total. The van der Waals surface area contributed by atoms with Crippen molar-refractivity contribution in [1.29, 1.82) is 0 Å². The third-order valence-electron chi connectivity index (χ3n) is 3.64. The first-order chi connectivity index (χ1) is 12.8. The van der Waals surface area contributed by atoms with Gasteiger partial charge in [-0.05, 0) is 43.3 Å². The SMILES string of the molecule is CNC(=O)[C@H](C)Oc1ccc(S(=O)(=O)Nc2ccccc2C(=O)OC)cc1. The molecule has 9 heteroatoms. The number of benzene rings is 2. The molecule has 2 rings (SSSR count). The van der Waals surface area contributed by atoms with E-state index in [-0.39, 0.29) is 22.1 Å². The Morgan fingerprint density at radius 1 is 1.04 bits per heavy atom. The number of anilines is 1. The third kappa shape index (κ3) is 4.98. The van der Waals surface area contributed by atoms with Crippen molar-refractivity contribution in [2.75, 3.05) is 18.9 Å². The van der Waals surface area contributed by atoms with Crippen LogP contribution in [0.25, 0.3) is 0 Å². The van der Waals surface area contributed by atoms with Crippen LogP contribution in [0.3, 0.4) is 0 Å². The Hall–Kier alpha value is -3.07. The minimum atomic E-state index is -3.94. The number of rotatable bonds is 7. The van der Waals surface area contributed by atoms with Crippen molar-refractivity contribution in [2.24, 2.45) is 0 Å². The number of esters is 1. The maximum absolute atomic E-state index is 12.6. The normalized spacial score (nSPS) is 12.0. The average Bonchev–Trinajstić information content (AvgIpc) is 2.67. The van der Waals surface area contributed by atoms with Crippen LogP contribution in [0.1, 0.15) is 17.3 Å². The number of para-hydroxylation sites is 1. The zero-order valence-electron chi connectivity index (χ0n) is 15.1. The lowest BCUT2D eigenvalue weighted by atomic mass is 10.2. The highest BCUT2D eigenvalue weighted by Crippen LogP contribution is 2.22. The fraction of sp³-hybridized carbons (Fsp3) is 0.222. The van der Waals surface area contributed by atoms with Gasteiger partial charge in [0.05, 0.1) is 23.3 Å². The van der Waals surface area contributed by atoms with Crippen LogP contribution < -0.4 is 14.8 Å². The lowest BCUT2D eigenvalue weighted by Gasteiger charge is -2.14. The van der Waals surface area contributed by atoms with Crippen LogP contribution in [0.4, 0.5) is 5.69 Å². The minimum Gasteiger partial charge on any atom is -0.481 e. The van der Waals surface area contributed by atoms with Crippen molar-refractivity contribution in [1.82, 2.24) is 5.32 Å². The van der Waals surface area contributed by atoms with Gasteiger partial charge in [-0.3, -0.25) is 9.52 Å². The first kappa shape index (κ1) is 20.2. The predicted octanol–water partition coefficient (Wildman–Crippen LogP) is 1.79. The summed E-state index contributed by atoms with van der Waals surface area (Å²) in [6.45, 7) is 1.58. The Bertz CT molecular complexity index is 925. The van der Waals surface area contributed by atoms with Crippen molar-refractivity contribution in [2.45, 2.75) is 17.9 Å². The molecule has 0 aromatic heterocycles. The van der Waals surface area contributed by atoms with E-state index in [0.29, 0.717) is 5.75 Å².